The van der Waals surface area contributed by atoms with Crippen LogP contribution in [-0.4, -0.2) is 43.4 Å². The molecule has 0 saturated heterocycles. The minimum absolute atomic E-state index is 0.143. The zero-order valence-corrected chi connectivity index (χ0v) is 24.5. The molecule has 8 heteroatoms. The van der Waals surface area contributed by atoms with E-state index in [0.717, 1.165) is 21.2 Å². The van der Waals surface area contributed by atoms with Gasteiger partial charge in [0.2, 0.25) is 10.0 Å². The number of halogens is 1. The van der Waals surface area contributed by atoms with Gasteiger partial charge < -0.3 is 10.4 Å². The van der Waals surface area contributed by atoms with Crippen molar-refractivity contribution in [3.05, 3.63) is 136 Å². The van der Waals surface area contributed by atoms with E-state index >= 15 is 0 Å². The van der Waals surface area contributed by atoms with Gasteiger partial charge in [0.15, 0.2) is 0 Å². The van der Waals surface area contributed by atoms with E-state index in [0.29, 0.717) is 19.4 Å². The lowest BCUT2D eigenvalue weighted by Gasteiger charge is -2.31. The molecule has 2 unspecified atom stereocenters. The summed E-state index contributed by atoms with van der Waals surface area (Å²) in [4.78, 5) is 13.0. The molecule has 0 heterocycles. The van der Waals surface area contributed by atoms with Gasteiger partial charge in [-0.15, -0.1) is 0 Å². The van der Waals surface area contributed by atoms with Crippen molar-refractivity contribution in [3.8, 4) is 0 Å². The second kappa shape index (κ2) is 14.4. The number of carboxylic acid groups (broad SMARTS) is 1. The van der Waals surface area contributed by atoms with Crippen LogP contribution in [0.3, 0.4) is 0 Å². The number of carboxylic acids is 1. The maximum atomic E-state index is 13.8. The Morgan fingerprint density at radius 3 is 1.85 bits per heavy atom. The number of benzene rings is 4. The Balaban J connectivity index is 1.64. The van der Waals surface area contributed by atoms with Gasteiger partial charge in [-0.2, -0.15) is 4.31 Å². The number of nitrogens with zero attached hydrogens (tertiary/aromatic N) is 1. The quantitative estimate of drug-likeness (QED) is 0.182. The van der Waals surface area contributed by atoms with Crippen LogP contribution in [0.5, 0.6) is 0 Å². The highest BCUT2D eigenvalue weighted by Gasteiger charge is 2.35. The summed E-state index contributed by atoms with van der Waals surface area (Å²) >= 11 is 3.45. The van der Waals surface area contributed by atoms with Gasteiger partial charge in [0.05, 0.1) is 10.8 Å². The number of rotatable bonds is 14. The summed E-state index contributed by atoms with van der Waals surface area (Å²) in [7, 11) is -3.95. The van der Waals surface area contributed by atoms with E-state index in [2.05, 4.69) is 21.2 Å². The highest BCUT2D eigenvalue weighted by atomic mass is 79.9. The Morgan fingerprint density at radius 1 is 0.775 bits per heavy atom. The minimum atomic E-state index is -3.95. The zero-order valence-electron chi connectivity index (χ0n) is 22.1. The summed E-state index contributed by atoms with van der Waals surface area (Å²) in [6, 6.07) is 34.6. The van der Waals surface area contributed by atoms with Crippen molar-refractivity contribution in [2.45, 2.75) is 23.8 Å². The second-order valence-electron chi connectivity index (χ2n) is 9.58. The fourth-order valence-corrected chi connectivity index (χ4v) is 6.43. The molecule has 0 radical (unpaired) electrons. The van der Waals surface area contributed by atoms with Gasteiger partial charge >= 0.3 is 5.97 Å². The maximum Gasteiger partial charge on any atom is 0.309 e. The van der Waals surface area contributed by atoms with Crippen molar-refractivity contribution in [2.75, 3.05) is 19.6 Å². The number of nitrogens with one attached hydrogen (secondary N) is 1. The first-order valence-electron chi connectivity index (χ1n) is 13.2. The van der Waals surface area contributed by atoms with Gasteiger partial charge in [-0.3, -0.25) is 4.79 Å². The first-order valence-corrected chi connectivity index (χ1v) is 15.4. The fourth-order valence-electron chi connectivity index (χ4n) is 4.67. The Bertz CT molecular complexity index is 1450. The molecule has 0 aliphatic carbocycles. The normalized spacial score (nSPS) is 13.2. The number of hydrogen-bond donors (Lipinski definition) is 2. The standard InChI is InChI=1S/C32H33BrN2O4S/c33-28-18-16-27(17-19-28)31(34-22-20-25-10-4-1-5-11-25)30(32(36)37)24-35(23-21-26-12-6-2-7-13-26)40(38,39)29-14-8-3-9-15-29/h1-19,30-31,34H,20-24H2,(H,36,37). The summed E-state index contributed by atoms with van der Waals surface area (Å²) < 4.78 is 29.8. The summed E-state index contributed by atoms with van der Waals surface area (Å²) in [6.07, 6.45) is 1.17. The van der Waals surface area contributed by atoms with E-state index in [1.54, 1.807) is 30.3 Å². The molecule has 0 amide bonds. The third kappa shape index (κ3) is 8.11. The Labute approximate surface area is 244 Å². The molecular formula is C32H33BrN2O4S. The summed E-state index contributed by atoms with van der Waals surface area (Å²) in [5.74, 6) is -2.10. The van der Waals surface area contributed by atoms with Gasteiger partial charge in [0.1, 0.15) is 0 Å². The van der Waals surface area contributed by atoms with Crippen LogP contribution in [0, 0.1) is 5.92 Å². The lowest BCUT2D eigenvalue weighted by atomic mass is 9.92. The van der Waals surface area contributed by atoms with Crippen molar-refractivity contribution in [3.63, 3.8) is 0 Å². The molecular weight excluding hydrogens is 588 g/mol. The highest BCUT2D eigenvalue weighted by molar-refractivity contribution is 9.10. The molecule has 4 aromatic carbocycles. The number of aliphatic carboxylic acids is 1. The molecule has 40 heavy (non-hydrogen) atoms. The van der Waals surface area contributed by atoms with Crippen molar-refractivity contribution in [1.29, 1.82) is 0 Å². The van der Waals surface area contributed by atoms with E-state index in [9.17, 15) is 18.3 Å². The van der Waals surface area contributed by atoms with Crippen LogP contribution in [-0.2, 0) is 27.7 Å². The maximum absolute atomic E-state index is 13.8. The molecule has 0 aromatic heterocycles. The van der Waals surface area contributed by atoms with Crippen molar-refractivity contribution < 1.29 is 18.3 Å². The summed E-state index contributed by atoms with van der Waals surface area (Å²) in [6.45, 7) is 0.504. The number of carbonyl (C=O) groups is 1. The van der Waals surface area contributed by atoms with Crippen molar-refractivity contribution >= 4 is 31.9 Å². The number of hydrogen-bond acceptors (Lipinski definition) is 4. The highest BCUT2D eigenvalue weighted by Crippen LogP contribution is 2.28. The predicted octanol–water partition coefficient (Wildman–Crippen LogP) is 5.96. The molecule has 0 fully saturated rings. The zero-order chi connectivity index (χ0) is 28.4. The minimum Gasteiger partial charge on any atom is -0.481 e. The van der Waals surface area contributed by atoms with E-state index in [1.807, 2.05) is 84.9 Å². The third-order valence-corrected chi connectivity index (χ3v) is 9.25. The molecule has 2 atom stereocenters. The van der Waals surface area contributed by atoms with Gasteiger partial charge in [0.25, 0.3) is 0 Å². The smallest absolute Gasteiger partial charge is 0.309 e. The van der Waals surface area contributed by atoms with Crippen LogP contribution in [0.25, 0.3) is 0 Å². The Hall–Kier alpha value is -3.30. The first-order chi connectivity index (χ1) is 19.3. The fraction of sp³-hybridized carbons (Fsp3) is 0.219. The van der Waals surface area contributed by atoms with Gasteiger partial charge in [-0.25, -0.2) is 8.42 Å². The monoisotopic (exact) mass is 620 g/mol. The van der Waals surface area contributed by atoms with E-state index in [4.69, 9.17) is 0 Å². The average molecular weight is 622 g/mol. The lowest BCUT2D eigenvalue weighted by Crippen LogP contribution is -2.44. The van der Waals surface area contributed by atoms with Crippen LogP contribution in [0.15, 0.2) is 125 Å². The molecule has 0 aliphatic heterocycles. The molecule has 0 aliphatic rings. The molecule has 2 N–H and O–H groups in total. The molecule has 0 spiro atoms. The van der Waals surface area contributed by atoms with E-state index in [1.165, 1.54) is 4.31 Å². The molecule has 6 nitrogen and oxygen atoms in total. The molecule has 4 aromatic rings. The predicted molar refractivity (Wildman–Crippen MR) is 162 cm³/mol. The topological polar surface area (TPSA) is 86.7 Å². The third-order valence-electron chi connectivity index (χ3n) is 6.84. The van der Waals surface area contributed by atoms with Crippen LogP contribution in [0.2, 0.25) is 0 Å². The Kier molecular flexibility index (Phi) is 10.7. The molecule has 4 rings (SSSR count). The van der Waals surface area contributed by atoms with Gasteiger partial charge in [0, 0.05) is 23.6 Å². The molecule has 0 bridgehead atoms. The average Bonchev–Trinajstić information content (AvgIpc) is 2.98. The SMILES string of the molecule is O=C(O)C(CN(CCc1ccccc1)S(=O)(=O)c1ccccc1)C(NCCc1ccccc1)c1ccc(Br)cc1. The van der Waals surface area contributed by atoms with Crippen LogP contribution >= 0.6 is 15.9 Å². The van der Waals surface area contributed by atoms with E-state index in [-0.39, 0.29) is 18.0 Å². The molecule has 0 saturated carbocycles. The van der Waals surface area contributed by atoms with Crippen LogP contribution in [0.1, 0.15) is 22.7 Å². The first kappa shape index (κ1) is 29.7. The van der Waals surface area contributed by atoms with Gasteiger partial charge in [-0.05, 0) is 60.3 Å². The second-order valence-corrected chi connectivity index (χ2v) is 12.4. The van der Waals surface area contributed by atoms with Crippen molar-refractivity contribution in [1.82, 2.24) is 9.62 Å². The summed E-state index contributed by atoms with van der Waals surface area (Å²) in [5, 5.41) is 13.9. The van der Waals surface area contributed by atoms with E-state index < -0.39 is 28.0 Å². The van der Waals surface area contributed by atoms with Gasteiger partial charge in [-0.1, -0.05) is 107 Å². The molecule has 208 valence electrons. The largest absolute Gasteiger partial charge is 0.481 e. The Morgan fingerprint density at radius 2 is 1.30 bits per heavy atom. The van der Waals surface area contributed by atoms with Crippen molar-refractivity contribution in [2.24, 2.45) is 5.92 Å². The summed E-state index contributed by atoms with van der Waals surface area (Å²) in [5.41, 5.74) is 2.89. The van der Waals surface area contributed by atoms with Crippen LogP contribution < -0.4 is 5.32 Å². The number of sulfonamides is 1. The van der Waals surface area contributed by atoms with Crippen LogP contribution in [0.4, 0.5) is 0 Å². The lowest BCUT2D eigenvalue weighted by molar-refractivity contribution is -0.143.